The van der Waals surface area contributed by atoms with Gasteiger partial charge in [0.15, 0.2) is 0 Å². The fraction of sp³-hybridized carbons (Fsp3) is 0.357. The molecule has 0 aliphatic heterocycles. The van der Waals surface area contributed by atoms with Gasteiger partial charge in [-0.15, -0.1) is 0 Å². The standard InChI is InChI=1S/C14H16N2O6/c1-8(17)12(14(19)22-3)13(15-9(2)18)10-5-4-6-11(7-10)16(20)21/h4-7,12-13H,1-3H3,(H,15,18)/t12-,13-/m0/s1. The van der Waals surface area contributed by atoms with Gasteiger partial charge >= 0.3 is 5.97 Å². The molecule has 118 valence electrons. The van der Waals surface area contributed by atoms with Crippen LogP contribution in [-0.2, 0) is 19.1 Å². The summed E-state index contributed by atoms with van der Waals surface area (Å²) in [6.45, 7) is 2.41. The average Bonchev–Trinajstić information content (AvgIpc) is 2.45. The Hall–Kier alpha value is -2.77. The van der Waals surface area contributed by atoms with E-state index in [4.69, 9.17) is 0 Å². The summed E-state index contributed by atoms with van der Waals surface area (Å²) in [5.74, 6) is -3.10. The number of Topliss-reactive ketones (excluding diaryl/α,β-unsaturated/α-hetero) is 1. The lowest BCUT2D eigenvalue weighted by atomic mass is 9.89. The monoisotopic (exact) mass is 308 g/mol. The molecule has 0 saturated carbocycles. The zero-order chi connectivity index (χ0) is 16.9. The van der Waals surface area contributed by atoms with Crippen LogP contribution in [0.5, 0.6) is 0 Å². The molecule has 0 unspecified atom stereocenters. The number of nitro benzene ring substituents is 1. The quantitative estimate of drug-likeness (QED) is 0.365. The molecule has 1 amide bonds. The number of ether oxygens (including phenoxy) is 1. The van der Waals surface area contributed by atoms with Crippen LogP contribution in [0.4, 0.5) is 5.69 Å². The topological polar surface area (TPSA) is 116 Å². The number of nitrogens with zero attached hydrogens (tertiary/aromatic N) is 1. The molecular weight excluding hydrogens is 292 g/mol. The smallest absolute Gasteiger partial charge is 0.318 e. The molecule has 0 radical (unpaired) electrons. The second-order valence-corrected chi connectivity index (χ2v) is 4.64. The number of esters is 1. The molecule has 8 heteroatoms. The van der Waals surface area contributed by atoms with Crippen LogP contribution in [0.15, 0.2) is 24.3 Å². The summed E-state index contributed by atoms with van der Waals surface area (Å²) >= 11 is 0. The van der Waals surface area contributed by atoms with Gasteiger partial charge in [0, 0.05) is 19.1 Å². The minimum absolute atomic E-state index is 0.208. The number of nitro groups is 1. The lowest BCUT2D eigenvalue weighted by Gasteiger charge is -2.24. The molecule has 1 rings (SSSR count). The molecule has 1 aromatic carbocycles. The maximum absolute atomic E-state index is 11.8. The maximum atomic E-state index is 11.8. The molecule has 0 fully saturated rings. The van der Waals surface area contributed by atoms with E-state index < -0.39 is 34.5 Å². The predicted octanol–water partition coefficient (Wildman–Crippen LogP) is 1.15. The van der Waals surface area contributed by atoms with Gasteiger partial charge in [0.1, 0.15) is 11.7 Å². The predicted molar refractivity (Wildman–Crippen MR) is 75.8 cm³/mol. The van der Waals surface area contributed by atoms with Crippen molar-refractivity contribution >= 4 is 23.3 Å². The van der Waals surface area contributed by atoms with Crippen molar-refractivity contribution < 1.29 is 24.0 Å². The van der Waals surface area contributed by atoms with Crippen molar-refractivity contribution in [3.05, 3.63) is 39.9 Å². The highest BCUT2D eigenvalue weighted by atomic mass is 16.6. The third kappa shape index (κ3) is 4.11. The fourth-order valence-electron chi connectivity index (χ4n) is 2.07. The second-order valence-electron chi connectivity index (χ2n) is 4.64. The minimum atomic E-state index is -1.28. The molecule has 1 N–H and O–H groups in total. The summed E-state index contributed by atoms with van der Waals surface area (Å²) in [5, 5.41) is 13.3. The number of hydrogen-bond donors (Lipinski definition) is 1. The highest BCUT2D eigenvalue weighted by molar-refractivity contribution is 5.99. The van der Waals surface area contributed by atoms with Crippen LogP contribution < -0.4 is 5.32 Å². The normalized spacial score (nSPS) is 12.9. The van der Waals surface area contributed by atoms with Gasteiger partial charge in [0.05, 0.1) is 18.1 Å². The van der Waals surface area contributed by atoms with E-state index in [1.54, 1.807) is 0 Å². The van der Waals surface area contributed by atoms with E-state index in [1.807, 2.05) is 0 Å². The van der Waals surface area contributed by atoms with Crippen LogP contribution in [0.25, 0.3) is 0 Å². The fourth-order valence-corrected chi connectivity index (χ4v) is 2.07. The van der Waals surface area contributed by atoms with Crippen molar-refractivity contribution in [2.24, 2.45) is 5.92 Å². The van der Waals surface area contributed by atoms with Gasteiger partial charge in [-0.05, 0) is 12.5 Å². The number of rotatable bonds is 6. The van der Waals surface area contributed by atoms with Gasteiger partial charge < -0.3 is 10.1 Å². The Balaban J connectivity index is 3.35. The first-order valence-electron chi connectivity index (χ1n) is 6.37. The minimum Gasteiger partial charge on any atom is -0.468 e. The Kier molecular flexibility index (Phi) is 5.73. The Morgan fingerprint density at radius 3 is 2.36 bits per heavy atom. The molecule has 8 nitrogen and oxygen atoms in total. The van der Waals surface area contributed by atoms with E-state index >= 15 is 0 Å². The summed E-state index contributed by atoms with van der Waals surface area (Å²) in [5.41, 5.74) is 0.0648. The van der Waals surface area contributed by atoms with Crippen LogP contribution in [0.1, 0.15) is 25.5 Å². The average molecular weight is 308 g/mol. The SMILES string of the molecule is COC(=O)[C@@H](C(C)=O)[C@@H](NC(C)=O)c1cccc([N+](=O)[O-])c1. The molecule has 0 spiro atoms. The van der Waals surface area contributed by atoms with Gasteiger partial charge in [-0.2, -0.15) is 0 Å². The van der Waals surface area contributed by atoms with Crippen LogP contribution in [0.2, 0.25) is 0 Å². The molecule has 1 aromatic rings. The highest BCUT2D eigenvalue weighted by Gasteiger charge is 2.35. The molecule has 0 aliphatic rings. The van der Waals surface area contributed by atoms with E-state index in [1.165, 1.54) is 38.1 Å². The van der Waals surface area contributed by atoms with Crippen molar-refractivity contribution in [1.29, 1.82) is 0 Å². The van der Waals surface area contributed by atoms with Crippen LogP contribution in [-0.4, -0.2) is 29.7 Å². The number of methoxy groups -OCH3 is 1. The van der Waals surface area contributed by atoms with E-state index in [0.29, 0.717) is 0 Å². The summed E-state index contributed by atoms with van der Waals surface area (Å²) in [6, 6.07) is 4.35. The molecule has 0 aliphatic carbocycles. The van der Waals surface area contributed by atoms with Gasteiger partial charge in [-0.25, -0.2) is 0 Å². The van der Waals surface area contributed by atoms with Crippen molar-refractivity contribution in [3.8, 4) is 0 Å². The molecule has 0 bridgehead atoms. The Morgan fingerprint density at radius 1 is 1.27 bits per heavy atom. The first-order valence-corrected chi connectivity index (χ1v) is 6.37. The summed E-state index contributed by atoms with van der Waals surface area (Å²) in [7, 11) is 1.12. The number of ketones is 1. The zero-order valence-corrected chi connectivity index (χ0v) is 12.4. The first-order chi connectivity index (χ1) is 10.3. The Bertz CT molecular complexity index is 613. The second kappa shape index (κ2) is 7.30. The highest BCUT2D eigenvalue weighted by Crippen LogP contribution is 2.27. The zero-order valence-electron chi connectivity index (χ0n) is 12.4. The molecule has 22 heavy (non-hydrogen) atoms. The number of carbonyl (C=O) groups is 3. The molecular formula is C14H16N2O6. The maximum Gasteiger partial charge on any atom is 0.318 e. The Labute approximate surface area is 126 Å². The lowest BCUT2D eigenvalue weighted by Crippen LogP contribution is -2.39. The number of nitrogens with one attached hydrogen (secondary N) is 1. The van der Waals surface area contributed by atoms with Gasteiger partial charge in [-0.3, -0.25) is 24.5 Å². The van der Waals surface area contributed by atoms with Crippen molar-refractivity contribution in [2.75, 3.05) is 7.11 Å². The number of amides is 1. The molecule has 0 heterocycles. The summed E-state index contributed by atoms with van der Waals surface area (Å²) < 4.78 is 4.59. The van der Waals surface area contributed by atoms with E-state index in [-0.39, 0.29) is 11.3 Å². The third-order valence-electron chi connectivity index (χ3n) is 3.03. The number of benzene rings is 1. The van der Waals surface area contributed by atoms with Crippen LogP contribution >= 0.6 is 0 Å². The molecule has 2 atom stereocenters. The van der Waals surface area contributed by atoms with Crippen molar-refractivity contribution in [3.63, 3.8) is 0 Å². The number of hydrogen-bond acceptors (Lipinski definition) is 6. The van der Waals surface area contributed by atoms with E-state index in [9.17, 15) is 24.5 Å². The van der Waals surface area contributed by atoms with E-state index in [0.717, 1.165) is 7.11 Å². The van der Waals surface area contributed by atoms with Gasteiger partial charge in [0.2, 0.25) is 5.91 Å². The third-order valence-corrected chi connectivity index (χ3v) is 3.03. The summed E-state index contributed by atoms with van der Waals surface area (Å²) in [4.78, 5) is 45.2. The number of non-ortho nitro benzene ring substituents is 1. The van der Waals surface area contributed by atoms with Gasteiger partial charge in [0.25, 0.3) is 5.69 Å². The van der Waals surface area contributed by atoms with Crippen LogP contribution in [0, 0.1) is 16.0 Å². The molecule has 0 saturated heterocycles. The number of carbonyl (C=O) groups excluding carboxylic acids is 3. The Morgan fingerprint density at radius 2 is 1.91 bits per heavy atom. The van der Waals surface area contributed by atoms with Crippen molar-refractivity contribution in [2.45, 2.75) is 19.9 Å². The molecule has 0 aromatic heterocycles. The largest absolute Gasteiger partial charge is 0.468 e. The van der Waals surface area contributed by atoms with Gasteiger partial charge in [-0.1, -0.05) is 12.1 Å². The first kappa shape index (κ1) is 17.3. The van der Waals surface area contributed by atoms with E-state index in [2.05, 4.69) is 10.1 Å². The summed E-state index contributed by atoms with van der Waals surface area (Å²) in [6.07, 6.45) is 0. The van der Waals surface area contributed by atoms with Crippen molar-refractivity contribution in [1.82, 2.24) is 5.32 Å². The van der Waals surface area contributed by atoms with Crippen LogP contribution in [0.3, 0.4) is 0 Å². The lowest BCUT2D eigenvalue weighted by molar-refractivity contribution is -0.384.